The second kappa shape index (κ2) is 7.44. The van der Waals surface area contributed by atoms with Crippen molar-refractivity contribution >= 4 is 5.91 Å². The lowest BCUT2D eigenvalue weighted by atomic mass is 9.94. The van der Waals surface area contributed by atoms with E-state index in [2.05, 4.69) is 36.6 Å². The van der Waals surface area contributed by atoms with E-state index < -0.39 is 0 Å². The molecule has 1 aromatic rings. The molecule has 2 N–H and O–H groups in total. The highest BCUT2D eigenvalue weighted by Gasteiger charge is 2.25. The van der Waals surface area contributed by atoms with Crippen LogP contribution in [-0.4, -0.2) is 19.0 Å². The Kier molecular flexibility index (Phi) is 5.60. The van der Waals surface area contributed by atoms with E-state index in [-0.39, 0.29) is 11.9 Å². The molecule has 1 heterocycles. The summed E-state index contributed by atoms with van der Waals surface area (Å²) in [6, 6.07) is 8.06. The molecule has 1 aliphatic rings. The fourth-order valence-electron chi connectivity index (χ4n) is 2.73. The van der Waals surface area contributed by atoms with Crippen LogP contribution < -0.4 is 10.6 Å². The fourth-order valence-corrected chi connectivity index (χ4v) is 2.73. The standard InChI is InChI=1S/C17H26N2O/c1-13(2)7-5-6-11-19-17(20)16-15-9-4-3-8-14(15)10-12-18-16/h3-4,8-9,13,16,18H,5-7,10-12H2,1-2H3,(H,19,20). The van der Waals surface area contributed by atoms with E-state index in [1.807, 2.05) is 12.1 Å². The predicted octanol–water partition coefficient (Wildman–Crippen LogP) is 2.82. The summed E-state index contributed by atoms with van der Waals surface area (Å²) in [5.41, 5.74) is 2.43. The van der Waals surface area contributed by atoms with Crippen molar-refractivity contribution in [3.63, 3.8) is 0 Å². The number of benzene rings is 1. The quantitative estimate of drug-likeness (QED) is 0.783. The smallest absolute Gasteiger partial charge is 0.241 e. The summed E-state index contributed by atoms with van der Waals surface area (Å²) < 4.78 is 0. The molecule has 2 rings (SSSR count). The van der Waals surface area contributed by atoms with Crippen LogP contribution >= 0.6 is 0 Å². The van der Waals surface area contributed by atoms with Crippen molar-refractivity contribution in [2.24, 2.45) is 5.92 Å². The average Bonchev–Trinajstić information content (AvgIpc) is 2.45. The maximum Gasteiger partial charge on any atom is 0.241 e. The minimum absolute atomic E-state index is 0.113. The van der Waals surface area contributed by atoms with Gasteiger partial charge in [-0.2, -0.15) is 0 Å². The summed E-state index contributed by atoms with van der Waals surface area (Å²) in [5.74, 6) is 0.860. The third-order valence-electron chi connectivity index (χ3n) is 3.88. The second-order valence-electron chi connectivity index (χ2n) is 6.02. The van der Waals surface area contributed by atoms with Gasteiger partial charge in [-0.3, -0.25) is 4.79 Å². The maximum atomic E-state index is 12.3. The minimum atomic E-state index is -0.176. The SMILES string of the molecule is CC(C)CCCCNC(=O)C1NCCc2ccccc21. The molecule has 0 bridgehead atoms. The summed E-state index contributed by atoms with van der Waals surface area (Å²) >= 11 is 0. The van der Waals surface area contributed by atoms with Crippen molar-refractivity contribution in [1.82, 2.24) is 10.6 Å². The summed E-state index contributed by atoms with van der Waals surface area (Å²) in [6.45, 7) is 6.14. The number of carbonyl (C=O) groups is 1. The second-order valence-corrected chi connectivity index (χ2v) is 6.02. The van der Waals surface area contributed by atoms with Crippen LogP contribution in [0.1, 0.15) is 50.3 Å². The van der Waals surface area contributed by atoms with Gasteiger partial charge in [0.2, 0.25) is 5.91 Å². The van der Waals surface area contributed by atoms with Crippen LogP contribution in [0.3, 0.4) is 0 Å². The Hall–Kier alpha value is -1.35. The summed E-state index contributed by atoms with van der Waals surface area (Å²) in [6.07, 6.45) is 4.50. The van der Waals surface area contributed by atoms with Crippen molar-refractivity contribution < 1.29 is 4.79 Å². The first-order chi connectivity index (χ1) is 9.68. The first-order valence-corrected chi connectivity index (χ1v) is 7.77. The number of amides is 1. The first kappa shape index (κ1) is 15.0. The van der Waals surface area contributed by atoms with E-state index in [0.717, 1.165) is 37.4 Å². The van der Waals surface area contributed by atoms with Crippen LogP contribution in [-0.2, 0) is 11.2 Å². The molecule has 1 aromatic carbocycles. The van der Waals surface area contributed by atoms with Crippen molar-refractivity contribution in [2.45, 2.75) is 45.6 Å². The zero-order valence-corrected chi connectivity index (χ0v) is 12.6. The molecular weight excluding hydrogens is 248 g/mol. The highest BCUT2D eigenvalue weighted by Crippen LogP contribution is 2.22. The number of unbranched alkanes of at least 4 members (excludes halogenated alkanes) is 1. The number of hydrogen-bond donors (Lipinski definition) is 2. The van der Waals surface area contributed by atoms with Gasteiger partial charge in [-0.05, 0) is 29.9 Å². The van der Waals surface area contributed by atoms with Crippen LogP contribution in [0.25, 0.3) is 0 Å². The lowest BCUT2D eigenvalue weighted by Gasteiger charge is -2.26. The van der Waals surface area contributed by atoms with Crippen molar-refractivity contribution in [2.75, 3.05) is 13.1 Å². The van der Waals surface area contributed by atoms with Crippen LogP contribution in [0.15, 0.2) is 24.3 Å². The molecule has 3 heteroatoms. The Balaban J connectivity index is 1.82. The van der Waals surface area contributed by atoms with Crippen LogP contribution in [0, 0.1) is 5.92 Å². The Labute approximate surface area is 122 Å². The van der Waals surface area contributed by atoms with Gasteiger partial charge in [0.25, 0.3) is 0 Å². The highest BCUT2D eigenvalue weighted by atomic mass is 16.2. The average molecular weight is 274 g/mol. The Morgan fingerprint density at radius 3 is 2.95 bits per heavy atom. The molecule has 0 spiro atoms. The topological polar surface area (TPSA) is 41.1 Å². The van der Waals surface area contributed by atoms with Crippen LogP contribution in [0.2, 0.25) is 0 Å². The molecule has 1 aliphatic heterocycles. The number of hydrogen-bond acceptors (Lipinski definition) is 2. The van der Waals surface area contributed by atoms with Gasteiger partial charge in [-0.25, -0.2) is 0 Å². The van der Waals surface area contributed by atoms with Gasteiger partial charge in [-0.15, -0.1) is 0 Å². The zero-order chi connectivity index (χ0) is 14.4. The van der Waals surface area contributed by atoms with E-state index in [1.54, 1.807) is 0 Å². The van der Waals surface area contributed by atoms with Gasteiger partial charge in [0.15, 0.2) is 0 Å². The van der Waals surface area contributed by atoms with Crippen LogP contribution in [0.5, 0.6) is 0 Å². The van der Waals surface area contributed by atoms with Gasteiger partial charge in [0.05, 0.1) is 0 Å². The Morgan fingerprint density at radius 2 is 2.15 bits per heavy atom. The molecule has 0 aromatic heterocycles. The third kappa shape index (κ3) is 4.07. The van der Waals surface area contributed by atoms with E-state index in [0.29, 0.717) is 0 Å². The van der Waals surface area contributed by atoms with Crippen molar-refractivity contribution in [1.29, 1.82) is 0 Å². The van der Waals surface area contributed by atoms with Crippen LogP contribution in [0.4, 0.5) is 0 Å². The van der Waals surface area contributed by atoms with Gasteiger partial charge in [0, 0.05) is 13.1 Å². The summed E-state index contributed by atoms with van der Waals surface area (Å²) in [7, 11) is 0. The molecule has 0 fully saturated rings. The van der Waals surface area contributed by atoms with Gasteiger partial charge in [-0.1, -0.05) is 51.0 Å². The normalized spacial score (nSPS) is 17.9. The molecule has 0 saturated heterocycles. The largest absolute Gasteiger partial charge is 0.354 e. The molecular formula is C17H26N2O. The molecule has 20 heavy (non-hydrogen) atoms. The van der Waals surface area contributed by atoms with Gasteiger partial charge < -0.3 is 10.6 Å². The van der Waals surface area contributed by atoms with E-state index in [1.165, 1.54) is 18.4 Å². The number of rotatable bonds is 6. The third-order valence-corrected chi connectivity index (χ3v) is 3.88. The zero-order valence-electron chi connectivity index (χ0n) is 12.6. The number of fused-ring (bicyclic) bond motifs is 1. The maximum absolute atomic E-state index is 12.3. The summed E-state index contributed by atoms with van der Waals surface area (Å²) in [5, 5.41) is 6.39. The van der Waals surface area contributed by atoms with E-state index in [9.17, 15) is 4.79 Å². The molecule has 110 valence electrons. The fraction of sp³-hybridized carbons (Fsp3) is 0.588. The predicted molar refractivity (Wildman–Crippen MR) is 82.6 cm³/mol. The number of nitrogens with one attached hydrogen (secondary N) is 2. The molecule has 1 atom stereocenters. The van der Waals surface area contributed by atoms with Crippen molar-refractivity contribution in [3.8, 4) is 0 Å². The summed E-state index contributed by atoms with van der Waals surface area (Å²) in [4.78, 5) is 12.3. The lowest BCUT2D eigenvalue weighted by molar-refractivity contribution is -0.123. The van der Waals surface area contributed by atoms with Gasteiger partial charge in [0.1, 0.15) is 6.04 Å². The molecule has 3 nitrogen and oxygen atoms in total. The minimum Gasteiger partial charge on any atom is -0.354 e. The molecule has 0 saturated carbocycles. The molecule has 0 radical (unpaired) electrons. The Bertz CT molecular complexity index is 442. The molecule has 0 aliphatic carbocycles. The van der Waals surface area contributed by atoms with E-state index in [4.69, 9.17) is 0 Å². The highest BCUT2D eigenvalue weighted by molar-refractivity contribution is 5.83. The molecule has 1 unspecified atom stereocenters. The Morgan fingerprint density at radius 1 is 1.35 bits per heavy atom. The number of carbonyl (C=O) groups excluding carboxylic acids is 1. The molecule has 1 amide bonds. The van der Waals surface area contributed by atoms with E-state index >= 15 is 0 Å². The first-order valence-electron chi connectivity index (χ1n) is 7.77. The van der Waals surface area contributed by atoms with Gasteiger partial charge >= 0.3 is 0 Å². The monoisotopic (exact) mass is 274 g/mol. The lowest BCUT2D eigenvalue weighted by Crippen LogP contribution is -2.41. The van der Waals surface area contributed by atoms with Crippen molar-refractivity contribution in [3.05, 3.63) is 35.4 Å².